The number of nitrogens with zero attached hydrogens (tertiary/aromatic N) is 3. The van der Waals surface area contributed by atoms with Gasteiger partial charge in [-0.05, 0) is 54.1 Å². The highest BCUT2D eigenvalue weighted by molar-refractivity contribution is 7.98. The highest BCUT2D eigenvalue weighted by Gasteiger charge is 2.16. The minimum absolute atomic E-state index is 0.167. The Morgan fingerprint density at radius 2 is 1.82 bits per heavy atom. The number of aromatic nitrogens is 3. The van der Waals surface area contributed by atoms with E-state index < -0.39 is 0 Å². The van der Waals surface area contributed by atoms with Crippen molar-refractivity contribution in [3.05, 3.63) is 102 Å². The molecule has 0 aliphatic carbocycles. The van der Waals surface area contributed by atoms with E-state index in [-0.39, 0.29) is 5.91 Å². The van der Waals surface area contributed by atoms with E-state index in [1.807, 2.05) is 59.2 Å². The molecule has 1 aromatic heterocycles. The van der Waals surface area contributed by atoms with Gasteiger partial charge in [0.2, 0.25) is 0 Å². The number of methoxy groups -OCH3 is 1. The summed E-state index contributed by atoms with van der Waals surface area (Å²) in [7, 11) is 1.61. The number of benzene rings is 3. The number of hydrogen-bond donors (Lipinski definition) is 1. The second-order valence-electron chi connectivity index (χ2n) is 7.35. The molecule has 0 aliphatic heterocycles. The number of thioether (sulfide) groups is 1. The van der Waals surface area contributed by atoms with Crippen LogP contribution in [0.3, 0.4) is 0 Å². The predicted octanol–water partition coefficient (Wildman–Crippen LogP) is 6.34. The Balaban J connectivity index is 1.42. The third kappa shape index (κ3) is 5.50. The van der Waals surface area contributed by atoms with Crippen LogP contribution in [0.2, 0.25) is 5.02 Å². The Labute approximate surface area is 207 Å². The fourth-order valence-corrected chi connectivity index (χ4v) is 4.43. The van der Waals surface area contributed by atoms with E-state index in [1.54, 1.807) is 43.1 Å². The second-order valence-corrected chi connectivity index (χ2v) is 8.70. The molecule has 8 heteroatoms. The van der Waals surface area contributed by atoms with E-state index in [4.69, 9.17) is 16.3 Å². The lowest BCUT2D eigenvalue weighted by Gasteiger charge is -2.09. The van der Waals surface area contributed by atoms with Crippen LogP contribution in [0, 0.1) is 0 Å². The van der Waals surface area contributed by atoms with Gasteiger partial charge in [-0.15, -0.1) is 16.8 Å². The third-order valence-corrected chi connectivity index (χ3v) is 6.44. The van der Waals surface area contributed by atoms with Crippen LogP contribution in [-0.4, -0.2) is 27.8 Å². The Hall–Kier alpha value is -3.55. The quantitative estimate of drug-likeness (QED) is 0.219. The molecule has 3 aromatic carbocycles. The Kier molecular flexibility index (Phi) is 7.67. The van der Waals surface area contributed by atoms with Gasteiger partial charge in [0.1, 0.15) is 5.75 Å². The molecule has 6 nitrogen and oxygen atoms in total. The average Bonchev–Trinajstić information content (AvgIpc) is 3.26. The van der Waals surface area contributed by atoms with Gasteiger partial charge in [0.25, 0.3) is 5.91 Å². The van der Waals surface area contributed by atoms with Crippen molar-refractivity contribution in [3.8, 4) is 17.1 Å². The van der Waals surface area contributed by atoms with E-state index in [0.29, 0.717) is 34.4 Å². The highest BCUT2D eigenvalue weighted by Crippen LogP contribution is 2.30. The Morgan fingerprint density at radius 1 is 1.09 bits per heavy atom. The van der Waals surface area contributed by atoms with Crippen molar-refractivity contribution >= 4 is 35.0 Å². The van der Waals surface area contributed by atoms with Crippen molar-refractivity contribution in [1.82, 2.24) is 14.8 Å². The van der Waals surface area contributed by atoms with Crippen LogP contribution in [-0.2, 0) is 12.3 Å². The predicted molar refractivity (Wildman–Crippen MR) is 138 cm³/mol. The first-order valence-corrected chi connectivity index (χ1v) is 11.9. The molecule has 1 N–H and O–H groups in total. The maximum atomic E-state index is 12.6. The van der Waals surface area contributed by atoms with Gasteiger partial charge in [-0.3, -0.25) is 9.36 Å². The largest absolute Gasteiger partial charge is 0.497 e. The van der Waals surface area contributed by atoms with Gasteiger partial charge in [-0.25, -0.2) is 0 Å². The van der Waals surface area contributed by atoms with Gasteiger partial charge in [-0.1, -0.05) is 53.7 Å². The number of rotatable bonds is 9. The van der Waals surface area contributed by atoms with E-state index in [0.717, 1.165) is 22.0 Å². The summed E-state index contributed by atoms with van der Waals surface area (Å²) in [5.41, 5.74) is 3.19. The summed E-state index contributed by atoms with van der Waals surface area (Å²) in [4.78, 5) is 12.6. The molecule has 0 fully saturated rings. The molecular formula is C26H23ClN4O2S. The zero-order chi connectivity index (χ0) is 23.9. The molecule has 0 bridgehead atoms. The van der Waals surface area contributed by atoms with Gasteiger partial charge in [0.15, 0.2) is 11.0 Å². The maximum absolute atomic E-state index is 12.6. The molecule has 4 rings (SSSR count). The number of anilines is 1. The fourth-order valence-electron chi connectivity index (χ4n) is 3.31. The van der Waals surface area contributed by atoms with Crippen LogP contribution in [0.25, 0.3) is 11.4 Å². The molecule has 1 amide bonds. The number of allylic oxidation sites excluding steroid dienone is 1. The SMILES string of the molecule is C=CCn1c(SCc2ccc(C(=O)Nc3ccc(OC)cc3)cc2)nnc1-c1ccccc1Cl. The smallest absolute Gasteiger partial charge is 0.255 e. The summed E-state index contributed by atoms with van der Waals surface area (Å²) >= 11 is 7.93. The molecule has 0 radical (unpaired) electrons. The van der Waals surface area contributed by atoms with Crippen molar-refractivity contribution in [2.45, 2.75) is 17.5 Å². The van der Waals surface area contributed by atoms with Crippen molar-refractivity contribution in [2.75, 3.05) is 12.4 Å². The summed E-state index contributed by atoms with van der Waals surface area (Å²) < 4.78 is 7.14. The summed E-state index contributed by atoms with van der Waals surface area (Å²) in [6.07, 6.45) is 1.81. The van der Waals surface area contributed by atoms with E-state index in [9.17, 15) is 4.79 Å². The van der Waals surface area contributed by atoms with Crippen molar-refractivity contribution in [1.29, 1.82) is 0 Å². The number of carbonyl (C=O) groups excluding carboxylic acids is 1. The van der Waals surface area contributed by atoms with E-state index >= 15 is 0 Å². The molecule has 0 saturated carbocycles. The molecule has 172 valence electrons. The third-order valence-electron chi connectivity index (χ3n) is 5.08. The zero-order valence-corrected chi connectivity index (χ0v) is 20.1. The topological polar surface area (TPSA) is 69.0 Å². The Morgan fingerprint density at radius 3 is 2.50 bits per heavy atom. The molecule has 0 unspecified atom stereocenters. The van der Waals surface area contributed by atoms with Crippen molar-refractivity contribution in [3.63, 3.8) is 0 Å². The molecule has 0 spiro atoms. The number of halogens is 1. The fraction of sp³-hybridized carbons (Fsp3) is 0.115. The first-order chi connectivity index (χ1) is 16.6. The number of hydrogen-bond acceptors (Lipinski definition) is 5. The lowest BCUT2D eigenvalue weighted by molar-refractivity contribution is 0.102. The summed E-state index contributed by atoms with van der Waals surface area (Å²) in [5, 5.41) is 13.0. The molecule has 34 heavy (non-hydrogen) atoms. The van der Waals surface area contributed by atoms with Crippen molar-refractivity contribution in [2.24, 2.45) is 0 Å². The van der Waals surface area contributed by atoms with Crippen LogP contribution < -0.4 is 10.1 Å². The minimum Gasteiger partial charge on any atom is -0.497 e. The van der Waals surface area contributed by atoms with E-state index in [1.165, 1.54) is 0 Å². The lowest BCUT2D eigenvalue weighted by Crippen LogP contribution is -2.11. The van der Waals surface area contributed by atoms with Gasteiger partial charge < -0.3 is 10.1 Å². The molecule has 1 heterocycles. The standard InChI is InChI=1S/C26H23ClN4O2S/c1-3-16-31-24(22-6-4-5-7-23(22)27)29-30-26(31)34-17-18-8-10-19(11-9-18)25(32)28-20-12-14-21(33-2)15-13-20/h3-15H,1,16-17H2,2H3,(H,28,32). The minimum atomic E-state index is -0.167. The highest BCUT2D eigenvalue weighted by atomic mass is 35.5. The molecule has 0 aliphatic rings. The molecule has 0 atom stereocenters. The van der Waals surface area contributed by atoms with Crippen LogP contribution in [0.4, 0.5) is 5.69 Å². The zero-order valence-electron chi connectivity index (χ0n) is 18.6. The van der Waals surface area contributed by atoms with Gasteiger partial charge in [0.05, 0.1) is 12.1 Å². The summed E-state index contributed by atoms with van der Waals surface area (Å²) in [5.74, 6) is 1.96. The van der Waals surface area contributed by atoms with Crippen LogP contribution in [0.5, 0.6) is 5.75 Å². The summed E-state index contributed by atoms with van der Waals surface area (Å²) in [6.45, 7) is 4.42. The maximum Gasteiger partial charge on any atom is 0.255 e. The normalized spacial score (nSPS) is 10.6. The number of amides is 1. The molecule has 0 saturated heterocycles. The Bertz CT molecular complexity index is 1290. The molecular weight excluding hydrogens is 468 g/mol. The second kappa shape index (κ2) is 11.0. The average molecular weight is 491 g/mol. The lowest BCUT2D eigenvalue weighted by atomic mass is 10.1. The number of carbonyl (C=O) groups is 1. The molecule has 4 aromatic rings. The van der Waals surface area contributed by atoms with E-state index in [2.05, 4.69) is 22.1 Å². The van der Waals surface area contributed by atoms with Gasteiger partial charge >= 0.3 is 0 Å². The van der Waals surface area contributed by atoms with Gasteiger partial charge in [0, 0.05) is 29.1 Å². The van der Waals surface area contributed by atoms with Gasteiger partial charge in [-0.2, -0.15) is 0 Å². The van der Waals surface area contributed by atoms with Crippen LogP contribution in [0.15, 0.2) is 90.6 Å². The first-order valence-electron chi connectivity index (χ1n) is 10.5. The first kappa shape index (κ1) is 23.6. The summed E-state index contributed by atoms with van der Waals surface area (Å²) in [6, 6.07) is 22.3. The monoisotopic (exact) mass is 490 g/mol. The number of nitrogens with one attached hydrogen (secondary N) is 1. The number of ether oxygens (including phenoxy) is 1. The van der Waals surface area contributed by atoms with Crippen LogP contribution >= 0.6 is 23.4 Å². The van der Waals surface area contributed by atoms with Crippen molar-refractivity contribution < 1.29 is 9.53 Å². The van der Waals surface area contributed by atoms with Crippen LogP contribution in [0.1, 0.15) is 15.9 Å².